The molecule has 126 valence electrons. The van der Waals surface area contributed by atoms with Gasteiger partial charge in [0.05, 0.1) is 0 Å². The quantitative estimate of drug-likeness (QED) is 0.391. The van der Waals surface area contributed by atoms with Crippen LogP contribution in [0.5, 0.6) is 0 Å². The summed E-state index contributed by atoms with van der Waals surface area (Å²) in [5.74, 6) is 0.887. The maximum Gasteiger partial charge on any atom is 0.190 e. The molecule has 1 rings (SSSR count). The normalized spacial score (nSPS) is 12.2. The number of hydrogen-bond donors (Lipinski definition) is 2. The van der Waals surface area contributed by atoms with Crippen LogP contribution in [-0.2, 0) is 6.54 Å². The van der Waals surface area contributed by atoms with Crippen molar-refractivity contribution >= 4 is 5.96 Å². The van der Waals surface area contributed by atoms with Crippen molar-refractivity contribution in [2.24, 2.45) is 4.99 Å². The lowest BCUT2D eigenvalue weighted by molar-refractivity contribution is 0.268. The third-order valence-corrected chi connectivity index (χ3v) is 3.75. The van der Waals surface area contributed by atoms with Crippen LogP contribution in [-0.4, -0.2) is 60.4 Å². The fourth-order valence-corrected chi connectivity index (χ4v) is 2.05. The number of guanidine groups is 1. The standard InChI is InChI=1S/C16H32N6/c1-15(2)21(4)12-6-5-9-18-16(17-3)19-10-7-13-22-14-8-11-20-22/h8,11,14-15H,5-7,9-10,12-13H2,1-4H3,(H2,17,18,19). The summed E-state index contributed by atoms with van der Waals surface area (Å²) in [5.41, 5.74) is 0. The summed E-state index contributed by atoms with van der Waals surface area (Å²) in [4.78, 5) is 6.62. The zero-order valence-corrected chi connectivity index (χ0v) is 14.5. The van der Waals surface area contributed by atoms with Crippen molar-refractivity contribution in [3.05, 3.63) is 18.5 Å². The second-order valence-corrected chi connectivity index (χ2v) is 5.83. The van der Waals surface area contributed by atoms with Crippen LogP contribution in [0.2, 0.25) is 0 Å². The van der Waals surface area contributed by atoms with Gasteiger partial charge in [-0.2, -0.15) is 5.10 Å². The first kappa shape index (κ1) is 18.5. The van der Waals surface area contributed by atoms with E-state index in [0.717, 1.165) is 45.0 Å². The van der Waals surface area contributed by atoms with E-state index < -0.39 is 0 Å². The van der Waals surface area contributed by atoms with Gasteiger partial charge in [0.15, 0.2) is 5.96 Å². The Labute approximate surface area is 135 Å². The van der Waals surface area contributed by atoms with Crippen molar-refractivity contribution in [2.45, 2.75) is 45.7 Å². The highest BCUT2D eigenvalue weighted by Crippen LogP contribution is 1.97. The molecule has 22 heavy (non-hydrogen) atoms. The van der Waals surface area contributed by atoms with Gasteiger partial charge in [0.2, 0.25) is 0 Å². The molecule has 0 atom stereocenters. The van der Waals surface area contributed by atoms with Gasteiger partial charge >= 0.3 is 0 Å². The molecule has 0 aliphatic rings. The number of hydrogen-bond acceptors (Lipinski definition) is 3. The van der Waals surface area contributed by atoms with Gasteiger partial charge in [0.1, 0.15) is 0 Å². The summed E-state index contributed by atoms with van der Waals surface area (Å²) >= 11 is 0. The molecule has 2 N–H and O–H groups in total. The molecule has 6 heteroatoms. The number of nitrogens with one attached hydrogen (secondary N) is 2. The maximum atomic E-state index is 4.25. The van der Waals surface area contributed by atoms with Gasteiger partial charge in [-0.3, -0.25) is 9.67 Å². The Morgan fingerprint density at radius 2 is 1.95 bits per heavy atom. The van der Waals surface area contributed by atoms with Crippen LogP contribution < -0.4 is 10.6 Å². The minimum Gasteiger partial charge on any atom is -0.356 e. The van der Waals surface area contributed by atoms with Crippen LogP contribution in [0.25, 0.3) is 0 Å². The molecule has 0 aliphatic heterocycles. The predicted octanol–water partition coefficient (Wildman–Crippen LogP) is 1.56. The van der Waals surface area contributed by atoms with Crippen molar-refractivity contribution in [3.8, 4) is 0 Å². The number of aryl methyl sites for hydroxylation is 1. The molecule has 1 heterocycles. The second-order valence-electron chi connectivity index (χ2n) is 5.83. The van der Waals surface area contributed by atoms with Crippen molar-refractivity contribution in [3.63, 3.8) is 0 Å². The zero-order valence-electron chi connectivity index (χ0n) is 14.5. The van der Waals surface area contributed by atoms with Gasteiger partial charge in [-0.25, -0.2) is 0 Å². The Bertz CT molecular complexity index is 399. The van der Waals surface area contributed by atoms with E-state index in [2.05, 4.69) is 46.5 Å². The van der Waals surface area contributed by atoms with Crippen molar-refractivity contribution < 1.29 is 0 Å². The Kier molecular flexibility index (Phi) is 9.30. The van der Waals surface area contributed by atoms with Gasteiger partial charge in [0.25, 0.3) is 0 Å². The summed E-state index contributed by atoms with van der Waals surface area (Å²) in [6.07, 6.45) is 7.19. The van der Waals surface area contributed by atoms with E-state index in [-0.39, 0.29) is 0 Å². The third kappa shape index (κ3) is 8.02. The highest BCUT2D eigenvalue weighted by Gasteiger charge is 2.02. The Morgan fingerprint density at radius 3 is 2.55 bits per heavy atom. The number of aromatic nitrogens is 2. The first-order valence-electron chi connectivity index (χ1n) is 8.25. The van der Waals surface area contributed by atoms with Gasteiger partial charge in [-0.05, 0) is 52.8 Å². The summed E-state index contributed by atoms with van der Waals surface area (Å²) in [7, 11) is 3.99. The average Bonchev–Trinajstić information content (AvgIpc) is 3.01. The molecule has 6 nitrogen and oxygen atoms in total. The summed E-state index contributed by atoms with van der Waals surface area (Å²) in [5, 5.41) is 10.9. The Morgan fingerprint density at radius 1 is 1.23 bits per heavy atom. The van der Waals surface area contributed by atoms with Crippen LogP contribution in [0.1, 0.15) is 33.1 Å². The molecule has 0 saturated heterocycles. The molecule has 0 bridgehead atoms. The van der Waals surface area contributed by atoms with E-state index in [1.807, 2.05) is 30.2 Å². The second kappa shape index (κ2) is 11.1. The summed E-state index contributed by atoms with van der Waals surface area (Å²) in [6.45, 7) is 8.40. The Balaban J connectivity index is 2.02. The molecular weight excluding hydrogens is 276 g/mol. The first-order chi connectivity index (χ1) is 10.6. The molecule has 0 aromatic carbocycles. The van der Waals surface area contributed by atoms with E-state index in [1.54, 1.807) is 0 Å². The van der Waals surface area contributed by atoms with Crippen LogP contribution in [0.15, 0.2) is 23.5 Å². The molecule has 1 aromatic heterocycles. The molecule has 0 aliphatic carbocycles. The van der Waals surface area contributed by atoms with Crippen LogP contribution in [0, 0.1) is 0 Å². The van der Waals surface area contributed by atoms with Crippen LogP contribution in [0.4, 0.5) is 0 Å². The fraction of sp³-hybridized carbons (Fsp3) is 0.750. The monoisotopic (exact) mass is 308 g/mol. The molecule has 0 fully saturated rings. The van der Waals surface area contributed by atoms with Gasteiger partial charge < -0.3 is 15.5 Å². The zero-order chi connectivity index (χ0) is 16.2. The predicted molar refractivity (Wildman–Crippen MR) is 93.2 cm³/mol. The van der Waals surface area contributed by atoms with E-state index in [9.17, 15) is 0 Å². The van der Waals surface area contributed by atoms with Gasteiger partial charge in [0, 0.05) is 45.1 Å². The number of unbranched alkanes of at least 4 members (excludes halogenated alkanes) is 1. The average molecular weight is 308 g/mol. The molecule has 0 spiro atoms. The van der Waals surface area contributed by atoms with E-state index in [1.165, 1.54) is 6.42 Å². The minimum atomic E-state index is 0.622. The van der Waals surface area contributed by atoms with E-state index in [0.29, 0.717) is 6.04 Å². The summed E-state index contributed by atoms with van der Waals surface area (Å²) < 4.78 is 1.95. The number of aliphatic imine (C=N–C) groups is 1. The first-order valence-corrected chi connectivity index (χ1v) is 8.25. The highest BCUT2D eigenvalue weighted by atomic mass is 15.3. The van der Waals surface area contributed by atoms with Gasteiger partial charge in [-0.1, -0.05) is 0 Å². The van der Waals surface area contributed by atoms with Crippen molar-refractivity contribution in [2.75, 3.05) is 33.7 Å². The molecular formula is C16H32N6. The van der Waals surface area contributed by atoms with Crippen molar-refractivity contribution in [1.82, 2.24) is 25.3 Å². The highest BCUT2D eigenvalue weighted by molar-refractivity contribution is 5.79. The van der Waals surface area contributed by atoms with Crippen LogP contribution in [0.3, 0.4) is 0 Å². The fourth-order valence-electron chi connectivity index (χ4n) is 2.05. The Hall–Kier alpha value is -1.56. The molecule has 0 radical (unpaired) electrons. The molecule has 1 aromatic rings. The minimum absolute atomic E-state index is 0.622. The van der Waals surface area contributed by atoms with Crippen LogP contribution >= 0.6 is 0 Å². The van der Waals surface area contributed by atoms with E-state index >= 15 is 0 Å². The van der Waals surface area contributed by atoms with Crippen molar-refractivity contribution in [1.29, 1.82) is 0 Å². The van der Waals surface area contributed by atoms with E-state index in [4.69, 9.17) is 0 Å². The number of nitrogens with zero attached hydrogens (tertiary/aromatic N) is 4. The topological polar surface area (TPSA) is 57.5 Å². The number of rotatable bonds is 10. The maximum absolute atomic E-state index is 4.25. The lowest BCUT2D eigenvalue weighted by Crippen LogP contribution is -2.38. The third-order valence-electron chi connectivity index (χ3n) is 3.75. The lowest BCUT2D eigenvalue weighted by atomic mass is 10.2. The SMILES string of the molecule is CN=C(NCCCCN(C)C(C)C)NCCCn1cccn1. The summed E-state index contributed by atoms with van der Waals surface area (Å²) in [6, 6.07) is 2.57. The molecule has 0 amide bonds. The largest absolute Gasteiger partial charge is 0.356 e. The smallest absolute Gasteiger partial charge is 0.190 e. The lowest BCUT2D eigenvalue weighted by Gasteiger charge is -2.20. The molecule has 0 unspecified atom stereocenters. The van der Waals surface area contributed by atoms with Gasteiger partial charge in [-0.15, -0.1) is 0 Å². The molecule has 0 saturated carbocycles.